The van der Waals surface area contributed by atoms with E-state index in [0.29, 0.717) is 0 Å². The molecular weight excluding hydrogens is 74.1 g/mol. The smallest absolute Gasteiger partial charge is 0.255 e. The van der Waals surface area contributed by atoms with Crippen molar-refractivity contribution in [1.29, 1.82) is 0 Å². The minimum Gasteiger partial charge on any atom is -0.255 e. The lowest BCUT2D eigenvalue weighted by Crippen LogP contribution is -1.60. The van der Waals surface area contributed by atoms with Crippen LogP contribution in [-0.4, -0.2) is 4.98 Å². The van der Waals surface area contributed by atoms with E-state index in [2.05, 4.69) is 11.2 Å². The molecule has 1 radical (unpaired) electrons. The van der Waals surface area contributed by atoms with E-state index in [0.717, 1.165) is 0 Å². The van der Waals surface area contributed by atoms with E-state index in [1.165, 1.54) is 0 Å². The zero-order valence-electron chi connectivity index (χ0n) is 4.26. The van der Waals surface area contributed by atoms with Gasteiger partial charge in [-0.1, -0.05) is 6.07 Å². The topological polar surface area (TPSA) is 12.9 Å². The van der Waals surface area contributed by atoms with Crippen LogP contribution in [0.5, 0.6) is 0 Å². The molecule has 0 aromatic carbocycles. The fourth-order valence-electron chi connectivity index (χ4n) is 0.277. The molecule has 0 spiro atoms. The molecule has 1 aromatic rings. The molecule has 0 saturated heterocycles. The maximum atomic E-state index is 3.66. The van der Waals surface area contributed by atoms with Crippen molar-refractivity contribution in [3.05, 3.63) is 30.6 Å². The monoisotopic (exact) mass is 79.0 g/mol. The van der Waals surface area contributed by atoms with Gasteiger partial charge < -0.3 is 0 Å². The molecule has 29 valence electrons. The Morgan fingerprint density at radius 1 is 1.50 bits per heavy atom. The normalized spacial score (nSPS) is 8.00. The molecule has 0 unspecified atom stereocenters. The molecule has 0 saturated carbocycles. The minimum atomic E-state index is 0. The Morgan fingerprint density at radius 3 is 2.67 bits per heavy atom. The molecule has 0 aliphatic heterocycles. The van der Waals surface area contributed by atoms with Gasteiger partial charge >= 0.3 is 1.43 Å². The highest BCUT2D eigenvalue weighted by Crippen LogP contribution is 1.72. The second-order valence-corrected chi connectivity index (χ2v) is 0.959. The highest BCUT2D eigenvalue weighted by molar-refractivity contribution is 4.86. The third-order valence-electron chi connectivity index (χ3n) is 0.517. The predicted octanol–water partition coefficient (Wildman–Crippen LogP) is 0.994. The van der Waals surface area contributed by atoms with E-state index >= 15 is 0 Å². The van der Waals surface area contributed by atoms with Gasteiger partial charge in [0, 0.05) is 6.20 Å². The van der Waals surface area contributed by atoms with Crippen molar-refractivity contribution in [3.8, 4) is 0 Å². The molecule has 0 fully saturated rings. The Morgan fingerprint density at radius 2 is 2.50 bits per heavy atom. The van der Waals surface area contributed by atoms with Crippen LogP contribution in [0.15, 0.2) is 24.4 Å². The number of hydrogen-bond acceptors (Lipinski definition) is 1. The molecule has 0 N–H and O–H groups in total. The van der Waals surface area contributed by atoms with Gasteiger partial charge in [-0.3, -0.25) is 4.98 Å². The fraction of sp³-hybridized carbons (Fsp3) is 0. The van der Waals surface area contributed by atoms with Gasteiger partial charge in [0.15, 0.2) is 0 Å². The molecule has 1 nitrogen and oxygen atoms in total. The van der Waals surface area contributed by atoms with Crippen molar-refractivity contribution in [2.75, 3.05) is 0 Å². The Kier molecular flexibility index (Phi) is 0.865. The van der Waals surface area contributed by atoms with Crippen LogP contribution in [0.3, 0.4) is 0 Å². The van der Waals surface area contributed by atoms with Gasteiger partial charge in [0.05, 0.1) is 6.20 Å². The quantitative estimate of drug-likeness (QED) is 0.452. The van der Waals surface area contributed by atoms with Gasteiger partial charge in [-0.05, 0) is 12.1 Å². The molecule has 0 amide bonds. The van der Waals surface area contributed by atoms with Crippen molar-refractivity contribution in [3.63, 3.8) is 0 Å². The van der Waals surface area contributed by atoms with Gasteiger partial charge in [-0.2, -0.15) is 0 Å². The largest absolute Gasteiger partial charge is 1.00 e. The second kappa shape index (κ2) is 1.55. The van der Waals surface area contributed by atoms with Crippen molar-refractivity contribution in [2.24, 2.45) is 0 Å². The molecule has 1 heterocycles. The number of pyridine rings is 1. The third-order valence-corrected chi connectivity index (χ3v) is 0.517. The summed E-state index contributed by atoms with van der Waals surface area (Å²) in [7, 11) is 0. The Hall–Kier alpha value is -0.850. The lowest BCUT2D eigenvalue weighted by atomic mass is 10.5. The van der Waals surface area contributed by atoms with Crippen molar-refractivity contribution in [2.45, 2.75) is 0 Å². The fourth-order valence-corrected chi connectivity index (χ4v) is 0.277. The maximum Gasteiger partial charge on any atom is 1.00 e. The first-order valence-corrected chi connectivity index (χ1v) is 1.77. The molecule has 1 rings (SSSR count). The molecule has 6 heavy (non-hydrogen) atoms. The molecule has 0 bridgehead atoms. The van der Waals surface area contributed by atoms with Crippen molar-refractivity contribution >= 4 is 0 Å². The summed E-state index contributed by atoms with van der Waals surface area (Å²) in [6, 6.07) is 5.50. The van der Waals surface area contributed by atoms with E-state index in [9.17, 15) is 0 Å². The molecule has 0 aliphatic rings. The molecule has 0 aliphatic carbocycles. The van der Waals surface area contributed by atoms with Gasteiger partial charge in [0.1, 0.15) is 0 Å². The highest BCUT2D eigenvalue weighted by atomic mass is 14.6. The lowest BCUT2D eigenvalue weighted by molar-refractivity contribution is 1.31. The van der Waals surface area contributed by atoms with Gasteiger partial charge in [0.2, 0.25) is 0 Å². The van der Waals surface area contributed by atoms with E-state index in [-0.39, 0.29) is 1.43 Å². The third kappa shape index (κ3) is 0.549. The first-order chi connectivity index (χ1) is 3.00. The first kappa shape index (κ1) is 3.34. The van der Waals surface area contributed by atoms with E-state index < -0.39 is 0 Å². The summed E-state index contributed by atoms with van der Waals surface area (Å²) in [5.41, 5.74) is 0. The molecular formula is C5H5N+. The van der Waals surface area contributed by atoms with E-state index in [1.807, 2.05) is 12.1 Å². The maximum absolute atomic E-state index is 3.66. The van der Waals surface area contributed by atoms with Crippen LogP contribution in [0.2, 0.25) is 0 Å². The number of nitrogens with zero attached hydrogens (tertiary/aromatic N) is 1. The van der Waals surface area contributed by atoms with E-state index in [1.54, 1.807) is 12.3 Å². The Balaban J connectivity index is 0.000000360. The molecule has 1 aromatic heterocycles. The summed E-state index contributed by atoms with van der Waals surface area (Å²) in [5.74, 6) is 0. The highest BCUT2D eigenvalue weighted by Gasteiger charge is 1.59. The van der Waals surface area contributed by atoms with Gasteiger partial charge in [-0.15, -0.1) is 0 Å². The summed E-state index contributed by atoms with van der Waals surface area (Å²) in [6.45, 7) is 0. The Labute approximate surface area is 38.1 Å². The van der Waals surface area contributed by atoms with Gasteiger partial charge in [-0.25, -0.2) is 0 Å². The summed E-state index contributed by atoms with van der Waals surface area (Å²) >= 11 is 0. The summed E-state index contributed by atoms with van der Waals surface area (Å²) < 4.78 is 0. The lowest BCUT2D eigenvalue weighted by Gasteiger charge is -1.68. The molecule has 0 atom stereocenters. The number of rotatable bonds is 0. The van der Waals surface area contributed by atoms with Crippen LogP contribution >= 0.6 is 0 Å². The zero-order valence-corrected chi connectivity index (χ0v) is 3.26. The number of aromatic nitrogens is 1. The SMILES string of the molecule is [H+].[c]1ccccn1. The van der Waals surface area contributed by atoms with Crippen LogP contribution in [0.1, 0.15) is 1.43 Å². The second-order valence-electron chi connectivity index (χ2n) is 0.959. The Bertz CT molecular complexity index is 80.0. The summed E-state index contributed by atoms with van der Waals surface area (Å²) in [4.78, 5) is 3.66. The van der Waals surface area contributed by atoms with Crippen LogP contribution in [0.25, 0.3) is 0 Å². The van der Waals surface area contributed by atoms with Crippen LogP contribution in [0.4, 0.5) is 0 Å². The number of hydrogen-bond donors (Lipinski definition) is 0. The van der Waals surface area contributed by atoms with Crippen molar-refractivity contribution < 1.29 is 1.43 Å². The predicted molar refractivity (Wildman–Crippen MR) is 24.2 cm³/mol. The van der Waals surface area contributed by atoms with E-state index in [4.69, 9.17) is 0 Å². The van der Waals surface area contributed by atoms with Crippen LogP contribution in [-0.2, 0) is 0 Å². The van der Waals surface area contributed by atoms with Crippen molar-refractivity contribution in [1.82, 2.24) is 4.98 Å². The average molecular weight is 79.1 g/mol. The standard InChI is InChI=1S/C5H4N/c1-2-4-6-5-3-1/h1-4H/p+1. The minimum absolute atomic E-state index is 0. The zero-order chi connectivity index (χ0) is 4.24. The van der Waals surface area contributed by atoms with Crippen LogP contribution in [0, 0.1) is 6.20 Å². The molecule has 1 heteroatoms. The van der Waals surface area contributed by atoms with Crippen LogP contribution < -0.4 is 0 Å². The summed E-state index contributed by atoms with van der Waals surface area (Å²) in [6.07, 6.45) is 4.34. The average Bonchev–Trinajstić information content (AvgIpc) is 1.72. The summed E-state index contributed by atoms with van der Waals surface area (Å²) in [5, 5.41) is 0. The van der Waals surface area contributed by atoms with Gasteiger partial charge in [0.25, 0.3) is 0 Å². The first-order valence-electron chi connectivity index (χ1n) is 1.77.